The van der Waals surface area contributed by atoms with Gasteiger partial charge >= 0.3 is 0 Å². The summed E-state index contributed by atoms with van der Waals surface area (Å²) in [6.07, 6.45) is -0.274. The number of benzene rings is 3. The smallest absolute Gasteiger partial charge is 0.264 e. The van der Waals surface area contributed by atoms with Crippen LogP contribution in [0.4, 0.5) is 10.3 Å². The molecule has 0 bridgehead atoms. The Morgan fingerprint density at radius 1 is 1.02 bits per heavy atom. The van der Waals surface area contributed by atoms with Gasteiger partial charge in [0.1, 0.15) is 26.5 Å². The largest absolute Gasteiger partial charge is 0.484 e. The number of hydrogen-bond acceptors (Lipinski definition) is 11. The Morgan fingerprint density at radius 2 is 1.72 bits per heavy atom. The highest BCUT2D eigenvalue weighted by atomic mass is 31.2. The maximum atomic E-state index is 17.0. The minimum atomic E-state index is -2.24. The van der Waals surface area contributed by atoms with Crippen LogP contribution in [-0.4, -0.2) is 88.5 Å². The van der Waals surface area contributed by atoms with E-state index in [9.17, 15) is 4.79 Å². The standard InChI is InChI=1S/C41H45FN7O6PSi/c1-3-32-37(55-56-49-23-13-21-31(49)33(54-56)26-57(2,29-17-9-5-10-18-29)30-19-11-6-12-20-30)35(42)40(53-32)48-27-44-36-38(48)46-41(47-39(36)51-24-14-22-43)45-34(50)25-52-28-15-7-4-8-16-28/h4-12,15-20,27,31-33,35,37,40H,3,13-14,21,23-26H2,1-2H3,(H,45,46,47,50)/t31-,32+,33+,35-,37?,40+,56-/m0/s1. The van der Waals surface area contributed by atoms with Crippen LogP contribution >= 0.6 is 8.53 Å². The molecule has 3 aliphatic heterocycles. The topological polar surface area (TPSA) is 146 Å². The molecule has 1 N–H and O–H groups in total. The molecular weight excluding hydrogens is 765 g/mol. The lowest BCUT2D eigenvalue weighted by molar-refractivity contribution is -0.118. The van der Waals surface area contributed by atoms with E-state index in [1.807, 2.05) is 19.1 Å². The van der Waals surface area contributed by atoms with Gasteiger partial charge in [-0.2, -0.15) is 15.2 Å². The van der Waals surface area contributed by atoms with Crippen molar-refractivity contribution in [3.05, 3.63) is 97.3 Å². The Labute approximate surface area is 333 Å². The average Bonchev–Trinajstić information content (AvgIpc) is 4.03. The summed E-state index contributed by atoms with van der Waals surface area (Å²) >= 11 is 0. The predicted molar refractivity (Wildman–Crippen MR) is 216 cm³/mol. The van der Waals surface area contributed by atoms with Gasteiger partial charge in [0.2, 0.25) is 11.8 Å². The Bertz CT molecular complexity index is 2150. The van der Waals surface area contributed by atoms with Crippen LogP contribution in [0.2, 0.25) is 12.6 Å². The number of para-hydroxylation sites is 1. The number of imidazole rings is 1. The van der Waals surface area contributed by atoms with Crippen molar-refractivity contribution >= 4 is 50.0 Å². The first-order valence-electron chi connectivity index (χ1n) is 19.4. The Hall–Kier alpha value is -4.81. The molecule has 3 fully saturated rings. The zero-order valence-corrected chi connectivity index (χ0v) is 33.7. The Balaban J connectivity index is 1.02. The lowest BCUT2D eigenvalue weighted by atomic mass is 10.1. The zero-order valence-electron chi connectivity index (χ0n) is 31.8. The number of alkyl halides is 1. The molecule has 16 heteroatoms. The first-order valence-corrected chi connectivity index (χ1v) is 23.2. The molecule has 3 saturated heterocycles. The summed E-state index contributed by atoms with van der Waals surface area (Å²) in [6, 6.07) is 33.5. The van der Waals surface area contributed by atoms with E-state index in [0.29, 0.717) is 12.2 Å². The number of nitriles is 1. The number of rotatable bonds is 15. The molecule has 0 aliphatic carbocycles. The van der Waals surface area contributed by atoms with Gasteiger partial charge in [-0.25, -0.2) is 14.0 Å². The Morgan fingerprint density at radius 3 is 2.40 bits per heavy atom. The molecule has 0 saturated carbocycles. The summed E-state index contributed by atoms with van der Waals surface area (Å²) < 4.78 is 52.1. The minimum absolute atomic E-state index is 0.0276. The third kappa shape index (κ3) is 8.16. The van der Waals surface area contributed by atoms with Crippen molar-refractivity contribution in [1.82, 2.24) is 24.2 Å². The highest BCUT2D eigenvalue weighted by Crippen LogP contribution is 2.59. The van der Waals surface area contributed by atoms with Gasteiger partial charge in [-0.15, -0.1) is 0 Å². The van der Waals surface area contributed by atoms with Crippen LogP contribution < -0.4 is 25.2 Å². The van der Waals surface area contributed by atoms with Crippen molar-refractivity contribution in [2.45, 2.75) is 82.0 Å². The molecule has 5 aromatic rings. The number of halogens is 1. The third-order valence-electron chi connectivity index (χ3n) is 10.9. The van der Waals surface area contributed by atoms with Crippen LogP contribution in [-0.2, 0) is 18.6 Å². The van der Waals surface area contributed by atoms with Gasteiger partial charge < -0.3 is 23.3 Å². The molecule has 2 aromatic heterocycles. The highest BCUT2D eigenvalue weighted by Gasteiger charge is 2.54. The second-order valence-electron chi connectivity index (χ2n) is 14.6. The summed E-state index contributed by atoms with van der Waals surface area (Å²) in [5, 5.41) is 14.5. The number of carbonyl (C=O) groups excluding carboxylic acids is 1. The van der Waals surface area contributed by atoms with E-state index in [4.69, 9.17) is 28.5 Å². The maximum absolute atomic E-state index is 17.0. The summed E-state index contributed by atoms with van der Waals surface area (Å²) in [7, 11) is -3.80. The lowest BCUT2D eigenvalue weighted by Crippen LogP contribution is -2.58. The second-order valence-corrected chi connectivity index (χ2v) is 20.2. The van der Waals surface area contributed by atoms with E-state index >= 15 is 4.39 Å². The van der Waals surface area contributed by atoms with Gasteiger partial charge in [-0.05, 0) is 37.4 Å². The van der Waals surface area contributed by atoms with Gasteiger partial charge in [-0.3, -0.25) is 14.7 Å². The molecule has 1 unspecified atom stereocenters. The quantitative estimate of drug-likeness (QED) is 0.0739. The van der Waals surface area contributed by atoms with E-state index in [2.05, 4.69) is 92.1 Å². The first kappa shape index (κ1) is 39.0. The molecule has 0 radical (unpaired) electrons. The maximum Gasteiger partial charge on any atom is 0.264 e. The molecule has 1 amide bonds. The van der Waals surface area contributed by atoms with Gasteiger partial charge in [0, 0.05) is 12.6 Å². The fraction of sp³-hybridized carbons (Fsp3) is 0.390. The Kier molecular flexibility index (Phi) is 11.9. The molecule has 8 rings (SSSR count). The number of fused-ring (bicyclic) bond motifs is 2. The molecule has 57 heavy (non-hydrogen) atoms. The highest BCUT2D eigenvalue weighted by molar-refractivity contribution is 7.45. The summed E-state index contributed by atoms with van der Waals surface area (Å²) in [4.78, 5) is 26.3. The summed E-state index contributed by atoms with van der Waals surface area (Å²) in [5.41, 5.74) is 0.419. The second kappa shape index (κ2) is 17.4. The molecule has 7 atom stereocenters. The molecule has 0 spiro atoms. The van der Waals surface area contributed by atoms with Crippen LogP contribution in [0.1, 0.15) is 38.8 Å². The van der Waals surface area contributed by atoms with Crippen molar-refractivity contribution in [3.8, 4) is 17.7 Å². The fourth-order valence-electron chi connectivity index (χ4n) is 8.01. The molecule has 3 aliphatic rings. The lowest BCUT2D eigenvalue weighted by Gasteiger charge is -2.32. The van der Waals surface area contributed by atoms with E-state index in [1.165, 1.54) is 21.3 Å². The summed E-state index contributed by atoms with van der Waals surface area (Å²) in [5.74, 6) is -0.0455. The van der Waals surface area contributed by atoms with E-state index < -0.39 is 47.1 Å². The van der Waals surface area contributed by atoms with Crippen molar-refractivity contribution < 1.29 is 32.4 Å². The number of nitrogens with one attached hydrogen (secondary N) is 1. The van der Waals surface area contributed by atoms with Crippen molar-refractivity contribution in [1.29, 1.82) is 5.26 Å². The monoisotopic (exact) mass is 809 g/mol. The van der Waals surface area contributed by atoms with Crippen molar-refractivity contribution in [3.63, 3.8) is 0 Å². The number of anilines is 1. The number of carbonyl (C=O) groups is 1. The van der Waals surface area contributed by atoms with Crippen molar-refractivity contribution in [2.75, 3.05) is 25.1 Å². The van der Waals surface area contributed by atoms with Gasteiger partial charge in [0.05, 0.1) is 31.0 Å². The summed E-state index contributed by atoms with van der Waals surface area (Å²) in [6.45, 7) is 4.91. The zero-order chi connectivity index (χ0) is 39.4. The van der Waals surface area contributed by atoms with Crippen molar-refractivity contribution in [2.24, 2.45) is 0 Å². The molecular formula is C41H45FN7O6PSi. The molecule has 3 aromatic carbocycles. The van der Waals surface area contributed by atoms with Crippen LogP contribution in [0.25, 0.3) is 11.2 Å². The van der Waals surface area contributed by atoms with Gasteiger partial charge in [0.25, 0.3) is 14.4 Å². The number of aromatic nitrogens is 4. The van der Waals surface area contributed by atoms with Crippen LogP contribution in [0.3, 0.4) is 0 Å². The number of amides is 1. The van der Waals surface area contributed by atoms with Gasteiger partial charge in [-0.1, -0.05) is 103 Å². The number of hydrogen-bond donors (Lipinski definition) is 1. The normalized spacial score (nSPS) is 24.6. The number of ether oxygens (including phenoxy) is 3. The van der Waals surface area contributed by atoms with Crippen LogP contribution in [0.5, 0.6) is 11.6 Å². The van der Waals surface area contributed by atoms with E-state index in [-0.39, 0.29) is 54.8 Å². The SMILES string of the molecule is CC[C@H]1O[C@@H](n2cnc3c(OCCC#N)nc(NC(=O)COc4ccccc4)nc32)[C@@H](F)C1O[P@]1O[C@H](C[Si](C)(c2ccccc2)c2ccccc2)[C@@H]2CCCN21. The van der Waals surface area contributed by atoms with Gasteiger partial charge in [0.15, 0.2) is 30.2 Å². The minimum Gasteiger partial charge on any atom is -0.484 e. The first-order chi connectivity index (χ1) is 27.9. The predicted octanol–water partition coefficient (Wildman–Crippen LogP) is 6.15. The molecule has 5 heterocycles. The van der Waals surface area contributed by atoms with Crippen LogP contribution in [0, 0.1) is 11.3 Å². The molecule has 296 valence electrons. The van der Waals surface area contributed by atoms with E-state index in [1.54, 1.807) is 24.3 Å². The number of nitrogens with zero attached hydrogens (tertiary/aromatic N) is 6. The van der Waals surface area contributed by atoms with Crippen LogP contribution in [0.15, 0.2) is 97.3 Å². The molecule has 13 nitrogen and oxygen atoms in total. The third-order valence-corrected chi connectivity index (χ3v) is 17.2. The fourth-order valence-corrected chi connectivity index (χ4v) is 14.0. The average molecular weight is 810 g/mol. The van der Waals surface area contributed by atoms with E-state index in [0.717, 1.165) is 25.4 Å².